The lowest BCUT2D eigenvalue weighted by Gasteiger charge is -2.25. The van der Waals surface area contributed by atoms with E-state index in [2.05, 4.69) is 10.6 Å². The first-order valence-corrected chi connectivity index (χ1v) is 7.99. The van der Waals surface area contributed by atoms with Crippen molar-refractivity contribution in [2.45, 2.75) is 45.8 Å². The predicted molar refractivity (Wildman–Crippen MR) is 89.9 cm³/mol. The van der Waals surface area contributed by atoms with Crippen molar-refractivity contribution < 1.29 is 13.9 Å². The van der Waals surface area contributed by atoms with E-state index in [1.807, 2.05) is 20.8 Å². The number of nitrogens with one attached hydrogen (secondary N) is 2. The van der Waals surface area contributed by atoms with E-state index in [9.17, 15) is 9.18 Å². The first kappa shape index (κ1) is 17.7. The number of benzene rings is 1. The minimum atomic E-state index is -0.664. The van der Waals surface area contributed by atoms with Gasteiger partial charge in [0.1, 0.15) is 5.82 Å². The number of ether oxygens (including phenoxy) is 1. The van der Waals surface area contributed by atoms with Crippen LogP contribution in [0.5, 0.6) is 0 Å². The van der Waals surface area contributed by atoms with E-state index in [-0.39, 0.29) is 17.4 Å². The summed E-state index contributed by atoms with van der Waals surface area (Å²) in [7, 11) is 0. The van der Waals surface area contributed by atoms with Crippen LogP contribution in [0.3, 0.4) is 0 Å². The molecular formula is C17H26FN3O2. The lowest BCUT2D eigenvalue weighted by molar-refractivity contribution is -0.119. The summed E-state index contributed by atoms with van der Waals surface area (Å²) >= 11 is 0. The lowest BCUT2D eigenvalue weighted by atomic mass is 9.87. The van der Waals surface area contributed by atoms with E-state index in [0.29, 0.717) is 17.9 Å². The van der Waals surface area contributed by atoms with Crippen LogP contribution >= 0.6 is 0 Å². The molecule has 2 atom stereocenters. The summed E-state index contributed by atoms with van der Waals surface area (Å²) in [6.45, 7) is 7.01. The van der Waals surface area contributed by atoms with Gasteiger partial charge in [0.05, 0.1) is 17.8 Å². The molecule has 0 radical (unpaired) electrons. The number of carbonyl (C=O) groups is 1. The van der Waals surface area contributed by atoms with Crippen LogP contribution in [0.2, 0.25) is 0 Å². The smallest absolute Gasteiger partial charge is 0.241 e. The van der Waals surface area contributed by atoms with Crippen molar-refractivity contribution in [1.29, 1.82) is 0 Å². The number of hydrogen-bond acceptors (Lipinski definition) is 4. The molecule has 23 heavy (non-hydrogen) atoms. The van der Waals surface area contributed by atoms with Gasteiger partial charge >= 0.3 is 0 Å². The number of halogens is 1. The molecule has 0 bridgehead atoms. The number of hydrogen-bond donors (Lipinski definition) is 3. The van der Waals surface area contributed by atoms with Crippen molar-refractivity contribution in [3.63, 3.8) is 0 Å². The van der Waals surface area contributed by atoms with Crippen LogP contribution in [-0.4, -0.2) is 31.2 Å². The first-order chi connectivity index (χ1) is 10.8. The van der Waals surface area contributed by atoms with Crippen molar-refractivity contribution in [3.05, 3.63) is 24.0 Å². The minimum Gasteiger partial charge on any atom is -0.380 e. The molecule has 0 spiro atoms. The molecule has 1 aliphatic heterocycles. The SMILES string of the molecule is CC(C)(C)[C@H](N)C(=O)Nc1ccc(NCC2CCCO2)c(F)c1. The zero-order valence-electron chi connectivity index (χ0n) is 14.0. The average molecular weight is 323 g/mol. The van der Waals surface area contributed by atoms with E-state index >= 15 is 0 Å². The molecule has 1 aliphatic rings. The number of anilines is 2. The standard InChI is InChI=1S/C17H26FN3O2/c1-17(2,3)15(19)16(22)21-11-6-7-14(13(18)9-11)20-10-12-5-4-8-23-12/h6-7,9,12,15,20H,4-5,8,10,19H2,1-3H3,(H,21,22)/t12?,15-/m1/s1. The zero-order chi connectivity index (χ0) is 17.0. The van der Waals surface area contributed by atoms with Crippen LogP contribution < -0.4 is 16.4 Å². The van der Waals surface area contributed by atoms with Crippen molar-refractivity contribution in [2.24, 2.45) is 11.1 Å². The van der Waals surface area contributed by atoms with Gasteiger partial charge < -0.3 is 21.1 Å². The minimum absolute atomic E-state index is 0.138. The molecule has 5 nitrogen and oxygen atoms in total. The lowest BCUT2D eigenvalue weighted by Crippen LogP contribution is -2.45. The third-order valence-corrected chi connectivity index (χ3v) is 4.00. The summed E-state index contributed by atoms with van der Waals surface area (Å²) in [6, 6.07) is 3.91. The number of rotatable bonds is 5. The number of amides is 1. The molecule has 1 heterocycles. The molecule has 1 saturated heterocycles. The Bertz CT molecular complexity index is 551. The molecule has 6 heteroatoms. The zero-order valence-corrected chi connectivity index (χ0v) is 14.0. The van der Waals surface area contributed by atoms with Gasteiger partial charge in [-0.2, -0.15) is 0 Å². The van der Waals surface area contributed by atoms with E-state index < -0.39 is 11.9 Å². The highest BCUT2D eigenvalue weighted by Gasteiger charge is 2.27. The Morgan fingerprint density at radius 2 is 2.22 bits per heavy atom. The van der Waals surface area contributed by atoms with Crippen molar-refractivity contribution >= 4 is 17.3 Å². The third kappa shape index (κ3) is 4.91. The van der Waals surface area contributed by atoms with Crippen LogP contribution in [0.1, 0.15) is 33.6 Å². The molecule has 0 saturated carbocycles. The Labute approximate surface area is 136 Å². The van der Waals surface area contributed by atoms with Crippen molar-refractivity contribution in [3.8, 4) is 0 Å². The largest absolute Gasteiger partial charge is 0.380 e. The van der Waals surface area contributed by atoms with Gasteiger partial charge in [0.2, 0.25) is 5.91 Å². The summed E-state index contributed by atoms with van der Waals surface area (Å²) in [5, 5.41) is 5.70. The number of carbonyl (C=O) groups excluding carboxylic acids is 1. The highest BCUT2D eigenvalue weighted by molar-refractivity contribution is 5.95. The van der Waals surface area contributed by atoms with Crippen LogP contribution in [0.25, 0.3) is 0 Å². The molecule has 128 valence electrons. The summed E-state index contributed by atoms with van der Waals surface area (Å²) < 4.78 is 19.6. The molecule has 1 unspecified atom stereocenters. The Morgan fingerprint density at radius 1 is 1.48 bits per heavy atom. The van der Waals surface area contributed by atoms with Crippen LogP contribution in [-0.2, 0) is 9.53 Å². The fraction of sp³-hybridized carbons (Fsp3) is 0.588. The maximum atomic E-state index is 14.1. The molecule has 0 aromatic heterocycles. The average Bonchev–Trinajstić information content (AvgIpc) is 2.98. The molecule has 2 rings (SSSR count). The van der Waals surface area contributed by atoms with Gasteiger partial charge in [0, 0.05) is 18.8 Å². The summed E-state index contributed by atoms with van der Waals surface area (Å²) in [4.78, 5) is 12.1. The van der Waals surface area contributed by atoms with Gasteiger partial charge in [-0.1, -0.05) is 20.8 Å². The Morgan fingerprint density at radius 3 is 2.78 bits per heavy atom. The fourth-order valence-electron chi connectivity index (χ4n) is 2.38. The molecule has 1 amide bonds. The highest BCUT2D eigenvalue weighted by atomic mass is 19.1. The molecule has 1 aromatic carbocycles. The van der Waals surface area contributed by atoms with Crippen LogP contribution in [0, 0.1) is 11.2 Å². The summed E-state index contributed by atoms with van der Waals surface area (Å²) in [6.07, 6.45) is 2.18. The Kier molecular flexibility index (Phi) is 5.59. The van der Waals surface area contributed by atoms with E-state index in [1.54, 1.807) is 12.1 Å². The fourth-order valence-corrected chi connectivity index (χ4v) is 2.38. The number of nitrogens with two attached hydrogens (primary N) is 1. The second-order valence-corrected chi connectivity index (χ2v) is 7.04. The molecule has 1 aromatic rings. The molecule has 1 fully saturated rings. The van der Waals surface area contributed by atoms with Gasteiger partial charge in [0.25, 0.3) is 0 Å². The van der Waals surface area contributed by atoms with Crippen LogP contribution in [0.15, 0.2) is 18.2 Å². The van der Waals surface area contributed by atoms with Gasteiger partial charge in [-0.3, -0.25) is 4.79 Å². The Balaban J connectivity index is 1.94. The van der Waals surface area contributed by atoms with Gasteiger partial charge in [-0.05, 0) is 36.5 Å². The van der Waals surface area contributed by atoms with E-state index in [4.69, 9.17) is 10.5 Å². The monoisotopic (exact) mass is 323 g/mol. The van der Waals surface area contributed by atoms with Crippen LogP contribution in [0.4, 0.5) is 15.8 Å². The second-order valence-electron chi connectivity index (χ2n) is 7.04. The van der Waals surface area contributed by atoms with Crippen molar-refractivity contribution in [1.82, 2.24) is 0 Å². The predicted octanol–water partition coefficient (Wildman–Crippen LogP) is 2.73. The third-order valence-electron chi connectivity index (χ3n) is 4.00. The van der Waals surface area contributed by atoms with Crippen molar-refractivity contribution in [2.75, 3.05) is 23.8 Å². The first-order valence-electron chi connectivity index (χ1n) is 7.99. The van der Waals surface area contributed by atoms with Gasteiger partial charge in [0.15, 0.2) is 0 Å². The second kappa shape index (κ2) is 7.27. The maximum Gasteiger partial charge on any atom is 0.241 e. The molecule has 0 aliphatic carbocycles. The highest BCUT2D eigenvalue weighted by Crippen LogP contribution is 2.22. The van der Waals surface area contributed by atoms with Gasteiger partial charge in [-0.15, -0.1) is 0 Å². The Hall–Kier alpha value is -1.66. The summed E-state index contributed by atoms with van der Waals surface area (Å²) in [5.74, 6) is -0.734. The normalized spacial score (nSPS) is 19.4. The topological polar surface area (TPSA) is 76.4 Å². The van der Waals surface area contributed by atoms with E-state index in [0.717, 1.165) is 19.4 Å². The summed E-state index contributed by atoms with van der Waals surface area (Å²) in [5.41, 5.74) is 6.34. The van der Waals surface area contributed by atoms with Gasteiger partial charge in [-0.25, -0.2) is 4.39 Å². The van der Waals surface area contributed by atoms with E-state index in [1.165, 1.54) is 6.07 Å². The molecule has 4 N–H and O–H groups in total. The quantitative estimate of drug-likeness (QED) is 0.779. The molecular weight excluding hydrogens is 297 g/mol. The maximum absolute atomic E-state index is 14.1.